The summed E-state index contributed by atoms with van der Waals surface area (Å²) in [6, 6.07) is 8.19. The molecule has 1 aliphatic rings. The molecule has 3 rings (SSSR count). The van der Waals surface area contributed by atoms with Gasteiger partial charge in [0.1, 0.15) is 11.1 Å². The van der Waals surface area contributed by atoms with E-state index >= 15 is 0 Å². The van der Waals surface area contributed by atoms with E-state index in [1.165, 1.54) is 4.88 Å². The van der Waals surface area contributed by atoms with Crippen LogP contribution in [0.15, 0.2) is 18.2 Å². The summed E-state index contributed by atoms with van der Waals surface area (Å²) in [7, 11) is 5.25. The summed E-state index contributed by atoms with van der Waals surface area (Å²) >= 11 is 1.57. The van der Waals surface area contributed by atoms with Crippen molar-refractivity contribution in [1.82, 2.24) is 0 Å². The molecule has 1 aromatic carbocycles. The van der Waals surface area contributed by atoms with Gasteiger partial charge in [0.2, 0.25) is 0 Å². The number of thiophene rings is 1. The van der Waals surface area contributed by atoms with Crippen LogP contribution in [0.4, 0.5) is 5.00 Å². The van der Waals surface area contributed by atoms with Crippen molar-refractivity contribution in [3.8, 4) is 17.6 Å². The van der Waals surface area contributed by atoms with Crippen molar-refractivity contribution in [2.45, 2.75) is 32.1 Å². The Morgan fingerprint density at radius 3 is 2.72 bits per heavy atom. The molecule has 0 aliphatic heterocycles. The average Bonchev–Trinajstić information content (AvgIpc) is 3.08. The van der Waals surface area contributed by atoms with E-state index in [-0.39, 0.29) is 5.91 Å². The Kier molecular flexibility index (Phi) is 7.13. The maximum atomic E-state index is 12.5. The van der Waals surface area contributed by atoms with E-state index in [1.54, 1.807) is 25.6 Å². The van der Waals surface area contributed by atoms with Crippen molar-refractivity contribution in [3.63, 3.8) is 0 Å². The van der Waals surface area contributed by atoms with Gasteiger partial charge in [0.05, 0.1) is 33.4 Å². The number of ether oxygens (including phenoxy) is 2. The van der Waals surface area contributed by atoms with Crippen LogP contribution in [-0.2, 0) is 24.1 Å². The van der Waals surface area contributed by atoms with E-state index in [9.17, 15) is 10.1 Å². The molecule has 0 saturated carbocycles. The lowest BCUT2D eigenvalue weighted by Crippen LogP contribution is -3.10. The van der Waals surface area contributed by atoms with Gasteiger partial charge in [-0.1, -0.05) is 6.07 Å². The van der Waals surface area contributed by atoms with Gasteiger partial charge in [0.25, 0.3) is 5.91 Å². The highest BCUT2D eigenvalue weighted by Crippen LogP contribution is 2.37. The number of anilines is 1. The summed E-state index contributed by atoms with van der Waals surface area (Å²) in [5.41, 5.74) is 2.95. The first-order chi connectivity index (χ1) is 14.0. The topological polar surface area (TPSA) is 75.8 Å². The van der Waals surface area contributed by atoms with Crippen molar-refractivity contribution in [3.05, 3.63) is 39.8 Å². The first-order valence-electron chi connectivity index (χ1n) is 9.92. The summed E-state index contributed by atoms with van der Waals surface area (Å²) in [4.78, 5) is 14.9. The van der Waals surface area contributed by atoms with Crippen LogP contribution in [0.5, 0.6) is 11.5 Å². The van der Waals surface area contributed by atoms with Crippen molar-refractivity contribution in [2.75, 3.05) is 39.7 Å². The lowest BCUT2D eigenvalue weighted by molar-refractivity contribution is -0.870. The first kappa shape index (κ1) is 21.2. The molecular formula is C22H28N3O3S+. The van der Waals surface area contributed by atoms with E-state index < -0.39 is 0 Å². The number of aryl methyl sites for hydroxylation is 1. The van der Waals surface area contributed by atoms with Crippen LogP contribution in [-0.4, -0.2) is 40.3 Å². The Bertz CT molecular complexity index is 917. The van der Waals surface area contributed by atoms with Crippen LogP contribution >= 0.6 is 11.3 Å². The molecule has 0 bridgehead atoms. The van der Waals surface area contributed by atoms with Crippen LogP contribution in [0.1, 0.15) is 34.4 Å². The van der Waals surface area contributed by atoms with Crippen LogP contribution in [0.2, 0.25) is 0 Å². The van der Waals surface area contributed by atoms with Crippen LogP contribution in [0.3, 0.4) is 0 Å². The fourth-order valence-corrected chi connectivity index (χ4v) is 4.96. The number of nitrogens with zero attached hydrogens (tertiary/aromatic N) is 1. The molecule has 1 atom stereocenters. The summed E-state index contributed by atoms with van der Waals surface area (Å²) in [5, 5.41) is 13.2. The van der Waals surface area contributed by atoms with Gasteiger partial charge >= 0.3 is 0 Å². The molecule has 7 heteroatoms. The lowest BCUT2D eigenvalue weighted by atomic mass is 9.96. The molecule has 2 N–H and O–H groups in total. The normalized spacial score (nSPS) is 13.9. The average molecular weight is 415 g/mol. The second kappa shape index (κ2) is 9.77. The molecular weight excluding hydrogens is 386 g/mol. The number of nitriles is 1. The van der Waals surface area contributed by atoms with Crippen LogP contribution < -0.4 is 19.7 Å². The quantitative estimate of drug-likeness (QED) is 0.695. The first-order valence-corrected chi connectivity index (χ1v) is 10.7. The minimum Gasteiger partial charge on any atom is -0.493 e. The maximum Gasteiger partial charge on any atom is 0.280 e. The number of hydrogen-bond donors (Lipinski definition) is 2. The SMILES string of the molecule is COc1ccc(CC[NH+](C)CC(=O)Nc2sc3c(c2C#N)CCCC3)cc1OC. The highest BCUT2D eigenvalue weighted by atomic mass is 32.1. The summed E-state index contributed by atoms with van der Waals surface area (Å²) in [6.07, 6.45) is 5.07. The number of hydrogen-bond acceptors (Lipinski definition) is 5. The Hall–Kier alpha value is -2.56. The number of likely N-dealkylation sites (N-methyl/N-ethyl adjacent to an activating group) is 1. The van der Waals surface area contributed by atoms with Gasteiger partial charge in [-0.25, -0.2) is 0 Å². The molecule has 0 fully saturated rings. The maximum absolute atomic E-state index is 12.5. The van der Waals surface area contributed by atoms with Gasteiger partial charge in [-0.3, -0.25) is 4.79 Å². The van der Waals surface area contributed by atoms with Gasteiger partial charge in [-0.2, -0.15) is 5.26 Å². The molecule has 6 nitrogen and oxygen atoms in total. The summed E-state index contributed by atoms with van der Waals surface area (Å²) in [6.45, 7) is 1.18. The second-order valence-electron chi connectivity index (χ2n) is 7.40. The van der Waals surface area contributed by atoms with Crippen molar-refractivity contribution in [2.24, 2.45) is 0 Å². The number of benzene rings is 1. The third kappa shape index (κ3) is 5.08. The molecule has 0 saturated heterocycles. The Morgan fingerprint density at radius 2 is 2.00 bits per heavy atom. The molecule has 1 heterocycles. The third-order valence-corrected chi connectivity index (χ3v) is 6.49. The van der Waals surface area contributed by atoms with Crippen LogP contribution in [0, 0.1) is 11.3 Å². The lowest BCUT2D eigenvalue weighted by Gasteiger charge is -2.14. The number of rotatable bonds is 8. The number of carbonyl (C=O) groups is 1. The molecule has 2 aromatic rings. The number of quaternary nitrogens is 1. The van der Waals surface area contributed by atoms with Gasteiger partial charge in [-0.05, 0) is 48.9 Å². The predicted molar refractivity (Wildman–Crippen MR) is 114 cm³/mol. The molecule has 1 aliphatic carbocycles. The standard InChI is InChI=1S/C22H27N3O3S/c1-25(11-10-15-8-9-18(27-2)19(12-15)28-3)14-21(26)24-22-17(13-23)16-6-4-5-7-20(16)29-22/h8-9,12H,4-7,10-11,14H2,1-3H3,(H,24,26)/p+1. The second-order valence-corrected chi connectivity index (χ2v) is 8.50. The highest BCUT2D eigenvalue weighted by Gasteiger charge is 2.22. The van der Waals surface area contributed by atoms with E-state index in [2.05, 4.69) is 11.4 Å². The number of fused-ring (bicyclic) bond motifs is 1. The summed E-state index contributed by atoms with van der Waals surface area (Å²) in [5.74, 6) is 1.37. The number of methoxy groups -OCH3 is 2. The van der Waals surface area contributed by atoms with Gasteiger partial charge in [-0.15, -0.1) is 11.3 Å². The molecule has 29 heavy (non-hydrogen) atoms. The zero-order valence-electron chi connectivity index (χ0n) is 17.3. The van der Waals surface area contributed by atoms with E-state index in [0.717, 1.165) is 59.7 Å². The number of amides is 1. The molecule has 1 unspecified atom stereocenters. The Morgan fingerprint density at radius 1 is 1.24 bits per heavy atom. The summed E-state index contributed by atoms with van der Waals surface area (Å²) < 4.78 is 10.6. The van der Waals surface area contributed by atoms with Crippen molar-refractivity contribution >= 4 is 22.2 Å². The minimum absolute atomic E-state index is 0.0510. The Balaban J connectivity index is 1.55. The van der Waals surface area contributed by atoms with Gasteiger partial charge in [0, 0.05) is 11.3 Å². The van der Waals surface area contributed by atoms with Crippen LogP contribution in [0.25, 0.3) is 0 Å². The zero-order valence-corrected chi connectivity index (χ0v) is 18.1. The molecule has 154 valence electrons. The van der Waals surface area contributed by atoms with Crippen molar-refractivity contribution < 1.29 is 19.2 Å². The molecule has 1 aromatic heterocycles. The van der Waals surface area contributed by atoms with E-state index in [1.807, 2.05) is 25.2 Å². The number of nitrogens with one attached hydrogen (secondary N) is 2. The largest absolute Gasteiger partial charge is 0.493 e. The Labute approximate surface area is 176 Å². The molecule has 0 radical (unpaired) electrons. The fourth-order valence-electron chi connectivity index (χ4n) is 3.70. The van der Waals surface area contributed by atoms with Gasteiger partial charge < -0.3 is 19.7 Å². The smallest absolute Gasteiger partial charge is 0.280 e. The molecule has 0 spiro atoms. The van der Waals surface area contributed by atoms with E-state index in [0.29, 0.717) is 23.6 Å². The number of carbonyl (C=O) groups excluding carboxylic acids is 1. The minimum atomic E-state index is -0.0510. The molecule has 1 amide bonds. The monoisotopic (exact) mass is 414 g/mol. The fraction of sp³-hybridized carbons (Fsp3) is 0.455. The van der Waals surface area contributed by atoms with E-state index in [4.69, 9.17) is 9.47 Å². The third-order valence-electron chi connectivity index (χ3n) is 5.29. The van der Waals surface area contributed by atoms with Crippen molar-refractivity contribution in [1.29, 1.82) is 5.26 Å². The predicted octanol–water partition coefficient (Wildman–Crippen LogP) is 2.21. The van der Waals surface area contributed by atoms with Gasteiger partial charge in [0.15, 0.2) is 18.0 Å². The zero-order chi connectivity index (χ0) is 20.8. The highest BCUT2D eigenvalue weighted by molar-refractivity contribution is 7.16.